The Morgan fingerprint density at radius 2 is 1.74 bits per heavy atom. The molecule has 2 heteroatoms. The van der Waals surface area contributed by atoms with Crippen LogP contribution in [0.15, 0.2) is 35.4 Å². The fraction of sp³-hybridized carbons (Fsp3) is 0.412. The van der Waals surface area contributed by atoms with Crippen molar-refractivity contribution in [3.63, 3.8) is 0 Å². The Kier molecular flexibility index (Phi) is 3.09. The number of ketones is 2. The summed E-state index contributed by atoms with van der Waals surface area (Å²) >= 11 is 0. The van der Waals surface area contributed by atoms with Crippen molar-refractivity contribution in [1.82, 2.24) is 0 Å². The minimum absolute atomic E-state index is 0.0235. The average Bonchev–Trinajstić information content (AvgIpc) is 2.45. The van der Waals surface area contributed by atoms with Gasteiger partial charge in [-0.2, -0.15) is 0 Å². The first-order valence-corrected chi connectivity index (χ1v) is 7.05. The molecule has 1 aromatic carbocycles. The average molecular weight is 254 g/mol. The van der Waals surface area contributed by atoms with E-state index >= 15 is 0 Å². The summed E-state index contributed by atoms with van der Waals surface area (Å²) < 4.78 is 0. The Morgan fingerprint density at radius 1 is 1.00 bits per heavy atom. The fourth-order valence-electron chi connectivity index (χ4n) is 3.39. The van der Waals surface area contributed by atoms with Crippen LogP contribution in [0.5, 0.6) is 0 Å². The molecule has 1 unspecified atom stereocenters. The SMILES string of the molecule is CC1C2=C(CCCC2)C(=O)CC(=O)c2ccccc21. The van der Waals surface area contributed by atoms with Crippen molar-refractivity contribution in [2.45, 2.75) is 44.9 Å². The van der Waals surface area contributed by atoms with E-state index in [0.29, 0.717) is 0 Å². The minimum Gasteiger partial charge on any atom is -0.294 e. The lowest BCUT2D eigenvalue weighted by Gasteiger charge is -2.28. The van der Waals surface area contributed by atoms with Crippen LogP contribution in [0.2, 0.25) is 0 Å². The highest BCUT2D eigenvalue weighted by Gasteiger charge is 2.29. The molecule has 1 atom stereocenters. The maximum absolute atomic E-state index is 12.3. The molecule has 1 aromatic rings. The molecular formula is C17H18O2. The van der Waals surface area contributed by atoms with Gasteiger partial charge in [-0.3, -0.25) is 9.59 Å². The van der Waals surface area contributed by atoms with E-state index in [1.165, 1.54) is 5.57 Å². The highest BCUT2D eigenvalue weighted by atomic mass is 16.1. The van der Waals surface area contributed by atoms with E-state index in [4.69, 9.17) is 0 Å². The Morgan fingerprint density at radius 3 is 2.58 bits per heavy atom. The first kappa shape index (κ1) is 12.3. The number of Topliss-reactive ketones (excluding diaryl/α,β-unsaturated/α-hetero) is 2. The van der Waals surface area contributed by atoms with Gasteiger partial charge in [-0.15, -0.1) is 0 Å². The molecule has 2 aliphatic rings. The van der Waals surface area contributed by atoms with Crippen molar-refractivity contribution < 1.29 is 9.59 Å². The Balaban J connectivity index is 2.18. The van der Waals surface area contributed by atoms with Gasteiger partial charge in [0, 0.05) is 11.5 Å². The van der Waals surface area contributed by atoms with Gasteiger partial charge in [-0.05, 0) is 36.8 Å². The predicted octanol–water partition coefficient (Wildman–Crippen LogP) is 3.82. The van der Waals surface area contributed by atoms with Crippen LogP contribution < -0.4 is 0 Å². The van der Waals surface area contributed by atoms with E-state index in [-0.39, 0.29) is 23.9 Å². The maximum atomic E-state index is 12.3. The molecule has 98 valence electrons. The van der Waals surface area contributed by atoms with E-state index in [1.807, 2.05) is 24.3 Å². The van der Waals surface area contributed by atoms with Crippen LogP contribution in [0.1, 0.15) is 60.9 Å². The van der Waals surface area contributed by atoms with E-state index < -0.39 is 0 Å². The largest absolute Gasteiger partial charge is 0.294 e. The maximum Gasteiger partial charge on any atom is 0.170 e. The lowest BCUT2D eigenvalue weighted by atomic mass is 9.75. The lowest BCUT2D eigenvalue weighted by molar-refractivity contribution is -0.115. The van der Waals surface area contributed by atoms with E-state index in [1.54, 1.807) is 0 Å². The first-order valence-electron chi connectivity index (χ1n) is 7.05. The molecule has 0 aromatic heterocycles. The van der Waals surface area contributed by atoms with Crippen molar-refractivity contribution >= 4 is 11.6 Å². The van der Waals surface area contributed by atoms with Crippen molar-refractivity contribution in [2.75, 3.05) is 0 Å². The van der Waals surface area contributed by atoms with E-state index in [0.717, 1.165) is 42.4 Å². The standard InChI is InChI=1S/C17H18O2/c1-11-12-6-2-4-8-14(12)16(18)10-17(19)15-9-5-3-7-13(11)15/h2,4,6,8,11H,3,5,7,9-10H2,1H3. The number of hydrogen-bond donors (Lipinski definition) is 0. The molecule has 0 spiro atoms. The van der Waals surface area contributed by atoms with Gasteiger partial charge in [0.1, 0.15) is 0 Å². The van der Waals surface area contributed by atoms with Crippen LogP contribution in [-0.2, 0) is 4.79 Å². The second-order valence-electron chi connectivity index (χ2n) is 5.54. The molecule has 0 aliphatic heterocycles. The van der Waals surface area contributed by atoms with Gasteiger partial charge in [-0.25, -0.2) is 0 Å². The quantitative estimate of drug-likeness (QED) is 0.660. The summed E-state index contributed by atoms with van der Waals surface area (Å²) in [6.07, 6.45) is 4.14. The number of fused-ring (bicyclic) bond motifs is 1. The molecule has 2 aliphatic carbocycles. The summed E-state index contributed by atoms with van der Waals surface area (Å²) in [7, 11) is 0. The van der Waals surface area contributed by atoms with Gasteiger partial charge in [0.2, 0.25) is 0 Å². The van der Waals surface area contributed by atoms with Crippen LogP contribution in [0.4, 0.5) is 0 Å². The van der Waals surface area contributed by atoms with Crippen LogP contribution in [0.3, 0.4) is 0 Å². The third kappa shape index (κ3) is 2.05. The summed E-state index contributed by atoms with van der Waals surface area (Å²) in [4.78, 5) is 24.5. The number of benzene rings is 1. The minimum atomic E-state index is -0.0235. The number of allylic oxidation sites excluding steroid dienone is 2. The molecule has 0 bridgehead atoms. The van der Waals surface area contributed by atoms with Gasteiger partial charge >= 0.3 is 0 Å². The molecule has 0 heterocycles. The van der Waals surface area contributed by atoms with Crippen molar-refractivity contribution in [3.05, 3.63) is 46.5 Å². The number of hydrogen-bond acceptors (Lipinski definition) is 2. The van der Waals surface area contributed by atoms with Gasteiger partial charge in [0.15, 0.2) is 11.6 Å². The Labute approximate surface area is 113 Å². The fourth-order valence-corrected chi connectivity index (χ4v) is 3.39. The van der Waals surface area contributed by atoms with Crippen molar-refractivity contribution in [3.8, 4) is 0 Å². The van der Waals surface area contributed by atoms with Gasteiger partial charge < -0.3 is 0 Å². The second kappa shape index (κ2) is 4.76. The predicted molar refractivity (Wildman–Crippen MR) is 74.3 cm³/mol. The third-order valence-electron chi connectivity index (χ3n) is 4.42. The van der Waals surface area contributed by atoms with E-state index in [9.17, 15) is 9.59 Å². The van der Waals surface area contributed by atoms with Crippen LogP contribution in [0, 0.1) is 0 Å². The monoisotopic (exact) mass is 254 g/mol. The summed E-state index contributed by atoms with van der Waals surface area (Å²) in [5.41, 5.74) is 4.05. The lowest BCUT2D eigenvalue weighted by Crippen LogP contribution is -2.21. The first-order chi connectivity index (χ1) is 9.18. The molecule has 2 nitrogen and oxygen atoms in total. The van der Waals surface area contributed by atoms with Gasteiger partial charge in [0.05, 0.1) is 6.42 Å². The zero-order valence-corrected chi connectivity index (χ0v) is 11.2. The van der Waals surface area contributed by atoms with Gasteiger partial charge in [0.25, 0.3) is 0 Å². The van der Waals surface area contributed by atoms with Crippen molar-refractivity contribution in [1.29, 1.82) is 0 Å². The molecule has 0 N–H and O–H groups in total. The van der Waals surface area contributed by atoms with Crippen LogP contribution >= 0.6 is 0 Å². The number of carbonyl (C=O) groups is 2. The molecule has 19 heavy (non-hydrogen) atoms. The molecule has 0 saturated carbocycles. The highest BCUT2D eigenvalue weighted by Crippen LogP contribution is 2.39. The zero-order chi connectivity index (χ0) is 13.4. The zero-order valence-electron chi connectivity index (χ0n) is 11.2. The van der Waals surface area contributed by atoms with Crippen LogP contribution in [-0.4, -0.2) is 11.6 Å². The normalized spacial score (nSPS) is 23.5. The molecule has 0 saturated heterocycles. The van der Waals surface area contributed by atoms with Crippen LogP contribution in [0.25, 0.3) is 0 Å². The Bertz CT molecular complexity index is 581. The highest BCUT2D eigenvalue weighted by molar-refractivity contribution is 6.14. The van der Waals surface area contributed by atoms with E-state index in [2.05, 4.69) is 6.92 Å². The number of carbonyl (C=O) groups excluding carboxylic acids is 2. The summed E-state index contributed by atoms with van der Waals surface area (Å²) in [6.45, 7) is 2.13. The number of rotatable bonds is 0. The van der Waals surface area contributed by atoms with Gasteiger partial charge in [-0.1, -0.05) is 36.8 Å². The van der Waals surface area contributed by atoms with Crippen molar-refractivity contribution in [2.24, 2.45) is 0 Å². The smallest absolute Gasteiger partial charge is 0.170 e. The third-order valence-corrected chi connectivity index (χ3v) is 4.42. The molecule has 0 amide bonds. The molecule has 0 fully saturated rings. The second-order valence-corrected chi connectivity index (χ2v) is 5.54. The summed E-state index contributed by atoms with van der Waals surface area (Å²) in [5.74, 6) is 0.227. The summed E-state index contributed by atoms with van der Waals surface area (Å²) in [6, 6.07) is 7.75. The molecule has 3 rings (SSSR count). The molecule has 0 radical (unpaired) electrons. The topological polar surface area (TPSA) is 34.1 Å². The Hall–Kier alpha value is -1.70. The molecular weight excluding hydrogens is 236 g/mol. The summed E-state index contributed by atoms with van der Waals surface area (Å²) in [5, 5.41) is 0.